The molecule has 0 atom stereocenters. The van der Waals surface area contributed by atoms with Crippen LogP contribution in [0.3, 0.4) is 0 Å². The minimum atomic E-state index is -0.418. The number of H-pyrrole nitrogens is 1. The molecule has 30 heavy (non-hydrogen) atoms. The van der Waals surface area contributed by atoms with Crippen LogP contribution in [-0.4, -0.2) is 22.2 Å². The van der Waals surface area contributed by atoms with Gasteiger partial charge in [0.25, 0.3) is 17.0 Å². The van der Waals surface area contributed by atoms with Gasteiger partial charge in [0.15, 0.2) is 0 Å². The second kappa shape index (κ2) is 6.79. The molecule has 1 fully saturated rings. The Hall–Kier alpha value is -3.48. The molecule has 2 aromatic carbocycles. The molecule has 3 aromatic rings. The van der Waals surface area contributed by atoms with E-state index in [9.17, 15) is 18.8 Å². The number of hydrogen-bond donors (Lipinski definition) is 1. The van der Waals surface area contributed by atoms with Crippen molar-refractivity contribution in [2.45, 2.75) is 31.1 Å². The van der Waals surface area contributed by atoms with Gasteiger partial charge in [-0.15, -0.1) is 0 Å². The van der Waals surface area contributed by atoms with E-state index >= 15 is 0 Å². The summed E-state index contributed by atoms with van der Waals surface area (Å²) in [6.45, 7) is 0.453. The Balaban J connectivity index is 1.57. The number of benzene rings is 2. The van der Waals surface area contributed by atoms with E-state index in [0.717, 1.165) is 36.4 Å². The molecule has 1 aliphatic heterocycles. The number of fused-ring (bicyclic) bond motifs is 2. The number of aromatic amines is 1. The Morgan fingerprint density at radius 3 is 2.57 bits per heavy atom. The van der Waals surface area contributed by atoms with Crippen molar-refractivity contribution in [3.8, 4) is 5.69 Å². The van der Waals surface area contributed by atoms with Crippen molar-refractivity contribution in [1.29, 1.82) is 0 Å². The van der Waals surface area contributed by atoms with Gasteiger partial charge in [-0.25, -0.2) is 9.07 Å². The van der Waals surface area contributed by atoms with Crippen molar-refractivity contribution >= 4 is 11.6 Å². The molecule has 0 radical (unpaired) electrons. The van der Waals surface area contributed by atoms with Gasteiger partial charge in [-0.05, 0) is 43.2 Å². The van der Waals surface area contributed by atoms with Gasteiger partial charge in [-0.1, -0.05) is 25.0 Å². The van der Waals surface area contributed by atoms with E-state index in [-0.39, 0.29) is 17.1 Å². The largest absolute Gasteiger partial charge is 0.307 e. The van der Waals surface area contributed by atoms with Crippen molar-refractivity contribution in [2.24, 2.45) is 0 Å². The fourth-order valence-electron chi connectivity index (χ4n) is 4.92. The zero-order chi connectivity index (χ0) is 20.9. The third kappa shape index (κ3) is 2.81. The molecule has 1 spiro atoms. The molecule has 6 nitrogen and oxygen atoms in total. The summed E-state index contributed by atoms with van der Waals surface area (Å²) in [6.07, 6.45) is 3.78. The highest BCUT2D eigenvalue weighted by atomic mass is 19.1. The predicted octanol–water partition coefficient (Wildman–Crippen LogP) is 3.14. The fraction of sp³-hybridized carbons (Fsp3) is 0.261. The first-order valence-electron chi connectivity index (χ1n) is 10.0. The lowest BCUT2D eigenvalue weighted by Crippen LogP contribution is -2.35. The molecule has 1 saturated carbocycles. The number of amides is 1. The third-order valence-corrected chi connectivity index (χ3v) is 6.25. The number of carbonyl (C=O) groups is 1. The molecule has 5 rings (SSSR count). The minimum absolute atomic E-state index is 0.251. The van der Waals surface area contributed by atoms with E-state index < -0.39 is 11.1 Å². The van der Waals surface area contributed by atoms with E-state index in [1.54, 1.807) is 41.3 Å². The standard InChI is InChI=1S/C23H20FN3O3/c24-17-7-4-8-18-21(17)23(11-1-2-12-23)14-26(18)22(30)15-5-3-6-16(13-15)27-20(29)10-9-19(28)25-27/h3-10,13H,1-2,11-12,14H2,(H,25,28). The van der Waals surface area contributed by atoms with Crippen LogP contribution < -0.4 is 16.0 Å². The number of carbonyl (C=O) groups excluding carboxylic acids is 1. The van der Waals surface area contributed by atoms with Gasteiger partial charge in [0, 0.05) is 35.2 Å². The number of anilines is 1. The normalized spacial score (nSPS) is 16.8. The van der Waals surface area contributed by atoms with Crippen molar-refractivity contribution < 1.29 is 9.18 Å². The van der Waals surface area contributed by atoms with Crippen LogP contribution in [0.15, 0.2) is 64.2 Å². The Labute approximate surface area is 171 Å². The SMILES string of the molecule is O=C(c1cccc(-n2[nH]c(=O)ccc2=O)c1)N1CC2(CCCC2)c2c(F)cccc21. The van der Waals surface area contributed by atoms with Gasteiger partial charge in [-0.3, -0.25) is 19.5 Å². The minimum Gasteiger partial charge on any atom is -0.307 e. The molecule has 2 heterocycles. The summed E-state index contributed by atoms with van der Waals surface area (Å²) >= 11 is 0. The molecule has 0 saturated heterocycles. The Bertz CT molecular complexity index is 1270. The Morgan fingerprint density at radius 1 is 1.00 bits per heavy atom. The highest BCUT2D eigenvalue weighted by molar-refractivity contribution is 6.08. The van der Waals surface area contributed by atoms with Crippen molar-refractivity contribution in [3.63, 3.8) is 0 Å². The summed E-state index contributed by atoms with van der Waals surface area (Å²) in [7, 11) is 0. The predicted molar refractivity (Wildman–Crippen MR) is 111 cm³/mol. The Morgan fingerprint density at radius 2 is 1.77 bits per heavy atom. The molecule has 7 heteroatoms. The maximum Gasteiger partial charge on any atom is 0.269 e. The highest BCUT2D eigenvalue weighted by Crippen LogP contribution is 2.51. The van der Waals surface area contributed by atoms with Crippen LogP contribution in [0, 0.1) is 5.82 Å². The molecule has 152 valence electrons. The van der Waals surface area contributed by atoms with E-state index in [0.29, 0.717) is 29.0 Å². The van der Waals surface area contributed by atoms with E-state index in [1.807, 2.05) is 0 Å². The van der Waals surface area contributed by atoms with E-state index in [1.165, 1.54) is 12.1 Å². The van der Waals surface area contributed by atoms with Gasteiger partial charge in [0.05, 0.1) is 11.4 Å². The monoisotopic (exact) mass is 405 g/mol. The van der Waals surface area contributed by atoms with Crippen LogP contribution in [0.1, 0.15) is 41.6 Å². The number of hydrogen-bond acceptors (Lipinski definition) is 3. The maximum atomic E-state index is 14.8. The number of nitrogens with one attached hydrogen (secondary N) is 1. The first kappa shape index (κ1) is 18.5. The van der Waals surface area contributed by atoms with Crippen molar-refractivity contribution in [1.82, 2.24) is 9.78 Å². The molecular weight excluding hydrogens is 385 g/mol. The smallest absolute Gasteiger partial charge is 0.269 e. The second-order valence-electron chi connectivity index (χ2n) is 8.05. The van der Waals surface area contributed by atoms with Gasteiger partial charge in [0.1, 0.15) is 5.82 Å². The van der Waals surface area contributed by atoms with Gasteiger partial charge in [-0.2, -0.15) is 0 Å². The average molecular weight is 405 g/mol. The lowest BCUT2D eigenvalue weighted by molar-refractivity contribution is 0.0985. The third-order valence-electron chi connectivity index (χ3n) is 6.25. The van der Waals surface area contributed by atoms with Crippen LogP contribution in [0.5, 0.6) is 0 Å². The maximum absolute atomic E-state index is 14.8. The van der Waals surface area contributed by atoms with Crippen LogP contribution >= 0.6 is 0 Å². The van der Waals surface area contributed by atoms with Crippen molar-refractivity contribution in [3.05, 3.63) is 92.2 Å². The summed E-state index contributed by atoms with van der Waals surface area (Å²) in [5.74, 6) is -0.509. The molecule has 2 aliphatic rings. The first-order chi connectivity index (χ1) is 14.5. The van der Waals surface area contributed by atoms with Crippen LogP contribution in [0.4, 0.5) is 10.1 Å². The topological polar surface area (TPSA) is 75.2 Å². The highest BCUT2D eigenvalue weighted by Gasteiger charge is 2.48. The molecule has 0 unspecified atom stereocenters. The molecule has 1 amide bonds. The van der Waals surface area contributed by atoms with Gasteiger partial charge >= 0.3 is 0 Å². The number of halogens is 1. The molecular formula is C23H20FN3O3. The van der Waals surface area contributed by atoms with Crippen LogP contribution in [0.2, 0.25) is 0 Å². The van der Waals surface area contributed by atoms with E-state index in [2.05, 4.69) is 5.10 Å². The first-order valence-corrected chi connectivity index (χ1v) is 10.0. The number of rotatable bonds is 2. The summed E-state index contributed by atoms with van der Waals surface area (Å²) < 4.78 is 15.9. The van der Waals surface area contributed by atoms with Crippen LogP contribution in [0.25, 0.3) is 5.69 Å². The molecule has 1 aliphatic carbocycles. The Kier molecular flexibility index (Phi) is 4.20. The summed E-state index contributed by atoms with van der Waals surface area (Å²) in [5, 5.41) is 2.46. The van der Waals surface area contributed by atoms with Crippen LogP contribution in [-0.2, 0) is 5.41 Å². The average Bonchev–Trinajstić information content (AvgIpc) is 3.35. The zero-order valence-electron chi connectivity index (χ0n) is 16.2. The molecule has 0 bridgehead atoms. The second-order valence-corrected chi connectivity index (χ2v) is 8.05. The lowest BCUT2D eigenvalue weighted by atomic mass is 9.80. The number of aromatic nitrogens is 2. The fourth-order valence-corrected chi connectivity index (χ4v) is 4.92. The molecule has 1 aromatic heterocycles. The molecule has 1 N–H and O–H groups in total. The summed E-state index contributed by atoms with van der Waals surface area (Å²) in [4.78, 5) is 38.9. The van der Waals surface area contributed by atoms with Gasteiger partial charge in [0.2, 0.25) is 0 Å². The summed E-state index contributed by atoms with van der Waals surface area (Å²) in [5.41, 5.74) is 0.881. The number of nitrogens with zero attached hydrogens (tertiary/aromatic N) is 2. The summed E-state index contributed by atoms with van der Waals surface area (Å²) in [6, 6.07) is 13.8. The lowest BCUT2D eigenvalue weighted by Gasteiger charge is -2.25. The quantitative estimate of drug-likeness (QED) is 0.712. The zero-order valence-corrected chi connectivity index (χ0v) is 16.2. The van der Waals surface area contributed by atoms with Gasteiger partial charge < -0.3 is 4.90 Å². The van der Waals surface area contributed by atoms with E-state index in [4.69, 9.17) is 0 Å². The van der Waals surface area contributed by atoms with Crippen molar-refractivity contribution in [2.75, 3.05) is 11.4 Å².